The Morgan fingerprint density at radius 1 is 0.967 bits per heavy atom. The number of sulfonamides is 1. The predicted octanol–water partition coefficient (Wildman–Crippen LogP) is 4.80. The van der Waals surface area contributed by atoms with Crippen LogP contribution in [0.3, 0.4) is 0 Å². The molecule has 156 valence electrons. The molecule has 1 N–H and O–H groups in total. The van der Waals surface area contributed by atoms with Crippen molar-refractivity contribution in [2.75, 3.05) is 22.4 Å². The van der Waals surface area contributed by atoms with Gasteiger partial charge in [0.05, 0.1) is 10.6 Å². The highest BCUT2D eigenvalue weighted by Gasteiger charge is 2.28. The minimum absolute atomic E-state index is 0.146. The molecule has 3 aromatic rings. The van der Waals surface area contributed by atoms with Gasteiger partial charge in [0.1, 0.15) is 6.54 Å². The molecule has 3 rings (SSSR count). The molecule has 0 saturated carbocycles. The van der Waals surface area contributed by atoms with Crippen molar-refractivity contribution in [1.29, 1.82) is 0 Å². The lowest BCUT2D eigenvalue weighted by Crippen LogP contribution is -2.38. The van der Waals surface area contributed by atoms with E-state index in [-0.39, 0.29) is 11.4 Å². The molecule has 0 aliphatic heterocycles. The van der Waals surface area contributed by atoms with E-state index in [9.17, 15) is 13.2 Å². The molecule has 0 heterocycles. The summed E-state index contributed by atoms with van der Waals surface area (Å²) in [6.07, 6.45) is 2.60. The first-order chi connectivity index (χ1) is 14.5. The first-order valence-corrected chi connectivity index (χ1v) is 12.2. The van der Waals surface area contributed by atoms with Crippen molar-refractivity contribution in [3.8, 4) is 0 Å². The van der Waals surface area contributed by atoms with Gasteiger partial charge in [0, 0.05) is 10.6 Å². The minimum Gasteiger partial charge on any atom is -0.324 e. The Bertz CT molecular complexity index is 1120. The van der Waals surface area contributed by atoms with Crippen molar-refractivity contribution in [1.82, 2.24) is 0 Å². The quantitative estimate of drug-likeness (QED) is 0.511. The number of amides is 1. The van der Waals surface area contributed by atoms with E-state index in [1.807, 2.05) is 43.5 Å². The second-order valence-corrected chi connectivity index (χ2v) is 9.33. The maximum absolute atomic E-state index is 13.4. The van der Waals surface area contributed by atoms with Crippen molar-refractivity contribution < 1.29 is 13.2 Å². The molecular formula is C23H24N2O3S2. The van der Waals surface area contributed by atoms with Gasteiger partial charge in [-0.1, -0.05) is 49.4 Å². The van der Waals surface area contributed by atoms with E-state index in [4.69, 9.17) is 0 Å². The molecule has 3 aromatic carbocycles. The Labute approximate surface area is 182 Å². The van der Waals surface area contributed by atoms with Gasteiger partial charge in [0.2, 0.25) is 5.91 Å². The molecule has 5 nitrogen and oxygen atoms in total. The number of hydrogen-bond acceptors (Lipinski definition) is 4. The zero-order valence-corrected chi connectivity index (χ0v) is 18.5. The largest absolute Gasteiger partial charge is 0.324 e. The van der Waals surface area contributed by atoms with Crippen LogP contribution in [-0.2, 0) is 21.2 Å². The standard InChI is InChI=1S/C23H24N2O3S2/c1-3-18-10-7-8-15-22(18)25(30(27,28)21-13-5-4-6-14-21)17-23(26)24-19-11-9-12-20(16-19)29-2/h4-16H,3,17H2,1-2H3,(H,24,26). The van der Waals surface area contributed by atoms with Crippen molar-refractivity contribution in [2.45, 2.75) is 23.1 Å². The normalized spacial score (nSPS) is 11.1. The Kier molecular flexibility index (Phi) is 7.18. The Morgan fingerprint density at radius 2 is 1.67 bits per heavy atom. The van der Waals surface area contributed by atoms with Crippen LogP contribution in [0, 0.1) is 0 Å². The molecule has 30 heavy (non-hydrogen) atoms. The lowest BCUT2D eigenvalue weighted by atomic mass is 10.1. The number of carbonyl (C=O) groups excluding carboxylic acids is 1. The van der Waals surface area contributed by atoms with Gasteiger partial charge in [-0.15, -0.1) is 11.8 Å². The summed E-state index contributed by atoms with van der Waals surface area (Å²) in [6.45, 7) is 1.64. The predicted molar refractivity (Wildman–Crippen MR) is 124 cm³/mol. The molecule has 0 fully saturated rings. The smallest absolute Gasteiger partial charge is 0.264 e. The Balaban J connectivity index is 1.96. The second kappa shape index (κ2) is 9.82. The average Bonchev–Trinajstić information content (AvgIpc) is 2.78. The summed E-state index contributed by atoms with van der Waals surface area (Å²) < 4.78 is 28.1. The molecule has 0 unspecified atom stereocenters. The maximum Gasteiger partial charge on any atom is 0.264 e. The van der Waals surface area contributed by atoms with Crippen LogP contribution in [0.15, 0.2) is 88.7 Å². The van der Waals surface area contributed by atoms with Crippen LogP contribution in [-0.4, -0.2) is 27.1 Å². The van der Waals surface area contributed by atoms with Crippen LogP contribution < -0.4 is 9.62 Å². The number of para-hydroxylation sites is 1. The summed E-state index contributed by atoms with van der Waals surface area (Å²) in [4.78, 5) is 14.0. The number of nitrogens with zero attached hydrogens (tertiary/aromatic N) is 1. The number of carbonyl (C=O) groups is 1. The summed E-state index contributed by atoms with van der Waals surface area (Å²) in [7, 11) is -3.92. The van der Waals surface area contributed by atoms with E-state index >= 15 is 0 Å². The average molecular weight is 441 g/mol. The van der Waals surface area contributed by atoms with Crippen LogP contribution in [0.1, 0.15) is 12.5 Å². The Hall–Kier alpha value is -2.77. The fourth-order valence-corrected chi connectivity index (χ4v) is 5.04. The van der Waals surface area contributed by atoms with E-state index in [0.717, 1.165) is 10.5 Å². The first kappa shape index (κ1) is 21.9. The van der Waals surface area contributed by atoms with Crippen molar-refractivity contribution in [3.05, 3.63) is 84.4 Å². The first-order valence-electron chi connectivity index (χ1n) is 9.55. The number of rotatable bonds is 8. The summed E-state index contributed by atoms with van der Waals surface area (Å²) >= 11 is 1.57. The third kappa shape index (κ3) is 5.04. The molecule has 0 atom stereocenters. The van der Waals surface area contributed by atoms with Crippen LogP contribution in [0.25, 0.3) is 0 Å². The molecular weight excluding hydrogens is 416 g/mol. The number of hydrogen-bond donors (Lipinski definition) is 1. The van der Waals surface area contributed by atoms with Crippen molar-refractivity contribution in [2.24, 2.45) is 0 Å². The fourth-order valence-electron chi connectivity index (χ4n) is 3.10. The molecule has 0 aliphatic rings. The zero-order chi connectivity index (χ0) is 21.6. The van der Waals surface area contributed by atoms with E-state index in [1.54, 1.807) is 48.2 Å². The van der Waals surface area contributed by atoms with Gasteiger partial charge in [-0.3, -0.25) is 9.10 Å². The number of thioether (sulfide) groups is 1. The Morgan fingerprint density at radius 3 is 2.37 bits per heavy atom. The molecule has 1 amide bonds. The van der Waals surface area contributed by atoms with E-state index in [1.165, 1.54) is 16.4 Å². The van der Waals surface area contributed by atoms with Crippen molar-refractivity contribution >= 4 is 39.1 Å². The molecule has 0 aliphatic carbocycles. The van der Waals surface area contributed by atoms with E-state index < -0.39 is 15.9 Å². The SMILES string of the molecule is CCc1ccccc1N(CC(=O)Nc1cccc(SC)c1)S(=O)(=O)c1ccccc1. The molecule has 0 aromatic heterocycles. The van der Waals surface area contributed by atoms with Gasteiger partial charge in [-0.25, -0.2) is 8.42 Å². The highest BCUT2D eigenvalue weighted by atomic mass is 32.2. The topological polar surface area (TPSA) is 66.5 Å². The summed E-state index contributed by atoms with van der Waals surface area (Å²) in [5, 5.41) is 2.82. The lowest BCUT2D eigenvalue weighted by Gasteiger charge is -2.26. The molecule has 0 saturated heterocycles. The fraction of sp³-hybridized carbons (Fsp3) is 0.174. The van der Waals surface area contributed by atoms with Crippen molar-refractivity contribution in [3.63, 3.8) is 0 Å². The van der Waals surface area contributed by atoms with Gasteiger partial charge in [-0.2, -0.15) is 0 Å². The number of anilines is 2. The van der Waals surface area contributed by atoms with Crippen LogP contribution in [0.4, 0.5) is 11.4 Å². The summed E-state index contributed by atoms with van der Waals surface area (Å²) in [6, 6.07) is 22.9. The molecule has 7 heteroatoms. The lowest BCUT2D eigenvalue weighted by molar-refractivity contribution is -0.114. The highest BCUT2D eigenvalue weighted by molar-refractivity contribution is 7.98. The maximum atomic E-state index is 13.4. The highest BCUT2D eigenvalue weighted by Crippen LogP contribution is 2.28. The third-order valence-electron chi connectivity index (χ3n) is 4.61. The molecule has 0 radical (unpaired) electrons. The minimum atomic E-state index is -3.92. The number of benzene rings is 3. The monoisotopic (exact) mass is 440 g/mol. The zero-order valence-electron chi connectivity index (χ0n) is 16.9. The number of nitrogens with one attached hydrogen (secondary N) is 1. The van der Waals surface area contributed by atoms with Crippen LogP contribution in [0.5, 0.6) is 0 Å². The van der Waals surface area contributed by atoms with Gasteiger partial charge in [-0.05, 0) is 54.6 Å². The third-order valence-corrected chi connectivity index (χ3v) is 7.11. The number of aryl methyl sites for hydroxylation is 1. The van der Waals surface area contributed by atoms with Gasteiger partial charge in [0.25, 0.3) is 10.0 Å². The van der Waals surface area contributed by atoms with Gasteiger partial charge >= 0.3 is 0 Å². The van der Waals surface area contributed by atoms with E-state index in [0.29, 0.717) is 17.8 Å². The van der Waals surface area contributed by atoms with Gasteiger partial charge in [0.15, 0.2) is 0 Å². The molecule has 0 spiro atoms. The van der Waals surface area contributed by atoms with Gasteiger partial charge < -0.3 is 5.32 Å². The van der Waals surface area contributed by atoms with Crippen LogP contribution in [0.2, 0.25) is 0 Å². The van der Waals surface area contributed by atoms with Crippen LogP contribution >= 0.6 is 11.8 Å². The second-order valence-electron chi connectivity index (χ2n) is 6.59. The molecule has 0 bridgehead atoms. The summed E-state index contributed by atoms with van der Waals surface area (Å²) in [5.41, 5.74) is 2.00. The van der Waals surface area contributed by atoms with E-state index in [2.05, 4.69) is 5.32 Å². The summed E-state index contributed by atoms with van der Waals surface area (Å²) in [5.74, 6) is -0.404.